The molecule has 1 N–H and O–H groups in total. The van der Waals surface area contributed by atoms with E-state index in [0.717, 1.165) is 51.5 Å². The Morgan fingerprint density at radius 1 is 0.449 bits per heavy atom. The van der Waals surface area contributed by atoms with E-state index < -0.39 is 5.41 Å². The Bertz CT molecular complexity index is 4010. The molecule has 0 radical (unpaired) electrons. The van der Waals surface area contributed by atoms with Crippen molar-refractivity contribution in [3.63, 3.8) is 0 Å². The van der Waals surface area contributed by atoms with Crippen molar-refractivity contribution >= 4 is 38.5 Å². The van der Waals surface area contributed by atoms with Gasteiger partial charge in [0.2, 0.25) is 0 Å². The quantitative estimate of drug-likeness (QED) is 0.187. The van der Waals surface area contributed by atoms with E-state index in [-0.39, 0.29) is 6.04 Å². The maximum Gasteiger partial charge on any atom is 0.114 e. The molecular weight excluding hydrogens is 837 g/mol. The van der Waals surface area contributed by atoms with Crippen molar-refractivity contribution in [2.45, 2.75) is 24.8 Å². The second-order valence-electron chi connectivity index (χ2n) is 18.9. The summed E-state index contributed by atoms with van der Waals surface area (Å²) in [5, 5.41) is 6.70. The van der Waals surface area contributed by atoms with Gasteiger partial charge in [0, 0.05) is 39.8 Å². The lowest BCUT2D eigenvalue weighted by atomic mass is 9.70. The topological polar surface area (TPSA) is 34.8 Å². The van der Waals surface area contributed by atoms with E-state index in [0.29, 0.717) is 0 Å². The van der Waals surface area contributed by atoms with Crippen molar-refractivity contribution in [1.29, 1.82) is 0 Å². The Balaban J connectivity index is 1.00. The predicted octanol–water partition coefficient (Wildman–Crippen LogP) is 15.9. The summed E-state index contributed by atoms with van der Waals surface area (Å²) in [5.74, 6) is 1.06. The molecule has 324 valence electrons. The molecule has 0 fully saturated rings. The minimum atomic E-state index is -0.453. The first kappa shape index (κ1) is 38.4. The van der Waals surface area contributed by atoms with Crippen LogP contribution in [0, 0.1) is 0 Å². The highest BCUT2D eigenvalue weighted by molar-refractivity contribution is 6.09. The molecule has 0 saturated carbocycles. The number of hydrogen-bond acceptors (Lipinski definition) is 2. The average molecular weight is 881 g/mol. The van der Waals surface area contributed by atoms with Crippen LogP contribution in [-0.4, -0.2) is 14.1 Å². The summed E-state index contributed by atoms with van der Waals surface area (Å²) in [6.07, 6.45) is 0.841. The fourth-order valence-corrected chi connectivity index (χ4v) is 12.8. The molecule has 12 aromatic rings. The maximum absolute atomic E-state index is 5.01. The molecule has 0 amide bonds. The third-order valence-corrected chi connectivity index (χ3v) is 15.5. The SMILES string of the molecule is CCc1nc2ccccc2n1-c1ccc(-c2cc(C3Nc4ccccc4-c4ccc5c(c43)-c3ccccc3C53c4ccccc4-c4ccccc43)cc(-n3c4ccccc4c4ccccc43)c2)cc1. The van der Waals surface area contributed by atoms with E-state index in [9.17, 15) is 0 Å². The van der Waals surface area contributed by atoms with Crippen LogP contribution in [0.2, 0.25) is 0 Å². The number of para-hydroxylation sites is 5. The number of nitrogens with one attached hydrogen (secondary N) is 1. The molecule has 69 heavy (non-hydrogen) atoms. The van der Waals surface area contributed by atoms with E-state index in [1.807, 2.05) is 0 Å². The number of rotatable bonds is 5. The second kappa shape index (κ2) is 14.4. The Morgan fingerprint density at radius 3 is 1.72 bits per heavy atom. The van der Waals surface area contributed by atoms with Crippen molar-refractivity contribution in [2.24, 2.45) is 0 Å². The summed E-state index contributed by atoms with van der Waals surface area (Å²) in [6.45, 7) is 2.18. The van der Waals surface area contributed by atoms with E-state index in [1.165, 1.54) is 88.6 Å². The van der Waals surface area contributed by atoms with Crippen molar-refractivity contribution in [1.82, 2.24) is 14.1 Å². The Morgan fingerprint density at radius 2 is 1.03 bits per heavy atom. The molecule has 1 atom stereocenters. The average Bonchev–Trinajstić information content (AvgIpc) is 4.14. The van der Waals surface area contributed by atoms with Gasteiger partial charge >= 0.3 is 0 Å². The number of anilines is 1. The fraction of sp³-hybridized carbons (Fsp3) is 0.0615. The van der Waals surface area contributed by atoms with Crippen LogP contribution >= 0.6 is 0 Å². The van der Waals surface area contributed by atoms with E-state index in [4.69, 9.17) is 4.98 Å². The number of benzene rings is 10. The minimum Gasteiger partial charge on any atom is -0.374 e. The Hall–Kier alpha value is -8.73. The van der Waals surface area contributed by atoms with Gasteiger partial charge in [-0.05, 0) is 133 Å². The molecule has 1 aliphatic heterocycles. The molecule has 1 spiro atoms. The minimum absolute atomic E-state index is 0.185. The second-order valence-corrected chi connectivity index (χ2v) is 18.9. The molecule has 2 aromatic heterocycles. The molecule has 10 aromatic carbocycles. The zero-order chi connectivity index (χ0) is 45.4. The van der Waals surface area contributed by atoms with Gasteiger partial charge in [-0.25, -0.2) is 4.98 Å². The molecule has 3 aliphatic rings. The number of fused-ring (bicyclic) bond motifs is 18. The first-order valence-corrected chi connectivity index (χ1v) is 24.2. The van der Waals surface area contributed by atoms with Gasteiger partial charge in [0.15, 0.2) is 0 Å². The molecule has 4 nitrogen and oxygen atoms in total. The molecular formula is C65H44N4. The summed E-state index contributed by atoms with van der Waals surface area (Å²) in [5.41, 5.74) is 25.4. The van der Waals surface area contributed by atoms with Gasteiger partial charge in [0.1, 0.15) is 5.82 Å². The van der Waals surface area contributed by atoms with Crippen molar-refractivity contribution in [3.05, 3.63) is 264 Å². The predicted molar refractivity (Wildman–Crippen MR) is 284 cm³/mol. The fourth-order valence-electron chi connectivity index (χ4n) is 12.8. The highest BCUT2D eigenvalue weighted by Gasteiger charge is 2.53. The van der Waals surface area contributed by atoms with E-state index in [2.05, 4.69) is 246 Å². The summed E-state index contributed by atoms with van der Waals surface area (Å²) in [4.78, 5) is 5.01. The molecule has 0 saturated heterocycles. The lowest BCUT2D eigenvalue weighted by molar-refractivity contribution is 0.791. The zero-order valence-electron chi connectivity index (χ0n) is 38.0. The zero-order valence-corrected chi connectivity index (χ0v) is 38.0. The Kier molecular flexibility index (Phi) is 8.00. The lowest BCUT2D eigenvalue weighted by Gasteiger charge is -2.34. The largest absolute Gasteiger partial charge is 0.374 e. The van der Waals surface area contributed by atoms with Crippen molar-refractivity contribution < 1.29 is 0 Å². The highest BCUT2D eigenvalue weighted by atomic mass is 15.1. The number of aryl methyl sites for hydroxylation is 1. The third-order valence-electron chi connectivity index (χ3n) is 15.5. The van der Waals surface area contributed by atoms with Crippen LogP contribution in [0.4, 0.5) is 5.69 Å². The molecule has 2 aliphatic carbocycles. The molecule has 3 heterocycles. The molecule has 15 rings (SSSR count). The maximum atomic E-state index is 5.01. The first-order valence-electron chi connectivity index (χ1n) is 24.2. The molecule has 4 heteroatoms. The van der Waals surface area contributed by atoms with Gasteiger partial charge < -0.3 is 9.88 Å². The lowest BCUT2D eigenvalue weighted by Crippen LogP contribution is -2.26. The van der Waals surface area contributed by atoms with Gasteiger partial charge in [-0.15, -0.1) is 0 Å². The van der Waals surface area contributed by atoms with Crippen LogP contribution < -0.4 is 5.32 Å². The van der Waals surface area contributed by atoms with Gasteiger partial charge in [0.25, 0.3) is 0 Å². The monoisotopic (exact) mass is 880 g/mol. The summed E-state index contributed by atoms with van der Waals surface area (Å²) in [6, 6.07) is 83.6. The van der Waals surface area contributed by atoms with Crippen LogP contribution in [-0.2, 0) is 11.8 Å². The van der Waals surface area contributed by atoms with Gasteiger partial charge in [0.05, 0.1) is 33.5 Å². The van der Waals surface area contributed by atoms with Crippen LogP contribution in [0.1, 0.15) is 52.2 Å². The van der Waals surface area contributed by atoms with Crippen molar-refractivity contribution in [2.75, 3.05) is 5.32 Å². The normalized spacial score (nSPS) is 14.6. The number of imidazole rings is 1. The third kappa shape index (κ3) is 5.20. The van der Waals surface area contributed by atoms with Crippen LogP contribution in [0.5, 0.6) is 0 Å². The first-order chi connectivity index (χ1) is 34.2. The van der Waals surface area contributed by atoms with Gasteiger partial charge in [-0.1, -0.05) is 171 Å². The molecule has 1 unspecified atom stereocenters. The van der Waals surface area contributed by atoms with Crippen molar-refractivity contribution in [3.8, 4) is 55.9 Å². The van der Waals surface area contributed by atoms with Gasteiger partial charge in [-0.2, -0.15) is 0 Å². The number of nitrogens with zero attached hydrogens (tertiary/aromatic N) is 3. The van der Waals surface area contributed by atoms with Crippen LogP contribution in [0.15, 0.2) is 224 Å². The smallest absolute Gasteiger partial charge is 0.114 e. The Labute approximate surface area is 400 Å². The summed E-state index contributed by atoms with van der Waals surface area (Å²) in [7, 11) is 0. The summed E-state index contributed by atoms with van der Waals surface area (Å²) >= 11 is 0. The van der Waals surface area contributed by atoms with E-state index in [1.54, 1.807) is 0 Å². The standard InChI is InChI=1S/C65H44N4/c1-2-61-66-57-27-13-16-30-60(57)69(61)43-33-31-40(32-34-43)41-37-42(39-44(38-41)68-58-28-14-7-20-48(58)49-21-8-15-29-59(49)68)64-63-50(47-19-6-12-26-56(47)67-64)35-36-55-62(63)51-22-5-11-25-54(51)65(55)52-23-9-3-17-45(52)46-18-4-10-24-53(46)65/h3-39,64,67H,2H2,1H3. The number of hydrogen-bond donors (Lipinski definition) is 1. The van der Waals surface area contributed by atoms with Crippen LogP contribution in [0.3, 0.4) is 0 Å². The molecule has 0 bridgehead atoms. The van der Waals surface area contributed by atoms with E-state index >= 15 is 0 Å². The van der Waals surface area contributed by atoms with Crippen LogP contribution in [0.25, 0.3) is 88.7 Å². The number of aromatic nitrogens is 3. The summed E-state index contributed by atoms with van der Waals surface area (Å²) < 4.78 is 4.78. The van der Waals surface area contributed by atoms with Gasteiger partial charge in [-0.3, -0.25) is 4.57 Å². The highest BCUT2D eigenvalue weighted by Crippen LogP contribution is 2.65.